The van der Waals surface area contributed by atoms with E-state index < -0.39 is 17.7 Å². The maximum Gasteiger partial charge on any atom is 0.410 e. The Labute approximate surface area is 166 Å². The van der Waals surface area contributed by atoms with Gasteiger partial charge in [-0.1, -0.05) is 11.3 Å². The van der Waals surface area contributed by atoms with Crippen molar-refractivity contribution >= 4 is 38.7 Å². The minimum atomic E-state index is -0.600. The number of nitrogens with one attached hydrogen (secondary N) is 1. The first kappa shape index (κ1) is 18.8. The van der Waals surface area contributed by atoms with Gasteiger partial charge in [0.05, 0.1) is 10.2 Å². The van der Waals surface area contributed by atoms with Crippen LogP contribution in [0.2, 0.25) is 0 Å². The van der Waals surface area contributed by atoms with Gasteiger partial charge in [-0.2, -0.15) is 0 Å². The highest BCUT2D eigenvalue weighted by Gasteiger charge is 2.37. The van der Waals surface area contributed by atoms with E-state index >= 15 is 0 Å². The summed E-state index contributed by atoms with van der Waals surface area (Å²) in [7, 11) is 0. The lowest BCUT2D eigenvalue weighted by molar-refractivity contribution is -0.120. The molecule has 0 aliphatic carbocycles. The van der Waals surface area contributed by atoms with E-state index in [1.807, 2.05) is 32.9 Å². The number of hydrogen-bond donors (Lipinski definition) is 1. The minimum absolute atomic E-state index is 0.250. The third kappa shape index (κ3) is 3.84. The maximum absolute atomic E-state index is 12.8. The lowest BCUT2D eigenvalue weighted by atomic mass is 10.2. The Balaban J connectivity index is 1.49. The molecule has 1 aromatic heterocycles. The van der Waals surface area contributed by atoms with Crippen molar-refractivity contribution in [1.82, 2.24) is 9.88 Å². The molecular weight excluding hydrogens is 382 g/mol. The van der Waals surface area contributed by atoms with Crippen molar-refractivity contribution in [3.8, 4) is 11.5 Å². The van der Waals surface area contributed by atoms with Gasteiger partial charge in [0.25, 0.3) is 0 Å². The Morgan fingerprint density at radius 1 is 1.25 bits per heavy atom. The SMILES string of the molecule is CC(C)(C)OC(=O)N1CCC[C@H]1C(=O)Nc1nc2cc3c(cc2s1)OCCO3. The zero-order valence-electron chi connectivity index (χ0n) is 16.1. The molecule has 1 fully saturated rings. The molecule has 28 heavy (non-hydrogen) atoms. The molecule has 0 bridgehead atoms. The van der Waals surface area contributed by atoms with E-state index in [4.69, 9.17) is 14.2 Å². The molecule has 0 unspecified atom stereocenters. The number of aromatic nitrogens is 1. The van der Waals surface area contributed by atoms with Gasteiger partial charge in [0.2, 0.25) is 5.91 Å². The topological polar surface area (TPSA) is 90.0 Å². The van der Waals surface area contributed by atoms with Crippen LogP contribution in [0.1, 0.15) is 33.6 Å². The average Bonchev–Trinajstić information content (AvgIpc) is 3.24. The van der Waals surface area contributed by atoms with Gasteiger partial charge >= 0.3 is 6.09 Å². The Hall–Kier alpha value is -2.55. The van der Waals surface area contributed by atoms with E-state index in [1.54, 1.807) is 0 Å². The van der Waals surface area contributed by atoms with Crippen LogP contribution in [-0.4, -0.2) is 53.3 Å². The van der Waals surface area contributed by atoms with Gasteiger partial charge in [0.1, 0.15) is 24.9 Å². The standard InChI is InChI=1S/C19H23N3O5S/c1-19(2,3)27-18(24)22-6-4-5-12(22)16(23)21-17-20-11-9-13-14(10-15(11)28-17)26-8-7-25-13/h9-10,12H,4-8H2,1-3H3,(H,20,21,23)/t12-/m0/s1. The van der Waals surface area contributed by atoms with Crippen LogP contribution >= 0.6 is 11.3 Å². The van der Waals surface area contributed by atoms with Crippen molar-refractivity contribution in [2.75, 3.05) is 25.1 Å². The summed E-state index contributed by atoms with van der Waals surface area (Å²) in [6, 6.07) is 3.14. The molecule has 2 aliphatic heterocycles. The van der Waals surface area contributed by atoms with Gasteiger partial charge in [-0.3, -0.25) is 9.69 Å². The third-order valence-electron chi connectivity index (χ3n) is 4.47. The fourth-order valence-electron chi connectivity index (χ4n) is 3.29. The van der Waals surface area contributed by atoms with Gasteiger partial charge in [-0.25, -0.2) is 9.78 Å². The first-order valence-electron chi connectivity index (χ1n) is 9.31. The molecule has 0 spiro atoms. The average molecular weight is 405 g/mol. The molecule has 1 saturated heterocycles. The first-order chi connectivity index (χ1) is 13.3. The van der Waals surface area contributed by atoms with E-state index in [-0.39, 0.29) is 5.91 Å². The van der Waals surface area contributed by atoms with Crippen LogP contribution in [0.25, 0.3) is 10.2 Å². The summed E-state index contributed by atoms with van der Waals surface area (Å²) in [5, 5.41) is 3.33. The number of hydrogen-bond acceptors (Lipinski definition) is 7. The van der Waals surface area contributed by atoms with Gasteiger partial charge in [0, 0.05) is 18.7 Å². The minimum Gasteiger partial charge on any atom is -0.486 e. The van der Waals surface area contributed by atoms with Crippen LogP contribution in [0.3, 0.4) is 0 Å². The van der Waals surface area contributed by atoms with Crippen molar-refractivity contribution in [3.63, 3.8) is 0 Å². The van der Waals surface area contributed by atoms with Crippen molar-refractivity contribution in [3.05, 3.63) is 12.1 Å². The van der Waals surface area contributed by atoms with Crippen molar-refractivity contribution in [2.45, 2.75) is 45.3 Å². The van der Waals surface area contributed by atoms with E-state index in [9.17, 15) is 9.59 Å². The molecule has 2 amide bonds. The monoisotopic (exact) mass is 405 g/mol. The van der Waals surface area contributed by atoms with Gasteiger partial charge in [0.15, 0.2) is 16.6 Å². The third-order valence-corrected chi connectivity index (χ3v) is 5.40. The number of benzene rings is 1. The normalized spacial score (nSPS) is 19.0. The molecular formula is C19H23N3O5S. The largest absolute Gasteiger partial charge is 0.486 e. The Kier molecular flexibility index (Phi) is 4.78. The molecule has 9 heteroatoms. The van der Waals surface area contributed by atoms with E-state index in [2.05, 4.69) is 10.3 Å². The van der Waals surface area contributed by atoms with Gasteiger partial charge in [-0.15, -0.1) is 0 Å². The van der Waals surface area contributed by atoms with Crippen molar-refractivity contribution in [1.29, 1.82) is 0 Å². The second kappa shape index (κ2) is 7.12. The molecule has 8 nitrogen and oxygen atoms in total. The first-order valence-corrected chi connectivity index (χ1v) is 10.1. The maximum atomic E-state index is 12.8. The second-order valence-corrected chi connectivity index (χ2v) is 8.83. The number of carbonyl (C=O) groups is 2. The number of carbonyl (C=O) groups excluding carboxylic acids is 2. The van der Waals surface area contributed by atoms with Crippen LogP contribution < -0.4 is 14.8 Å². The van der Waals surface area contributed by atoms with Crippen LogP contribution in [0, 0.1) is 0 Å². The molecule has 2 aliphatic rings. The van der Waals surface area contributed by atoms with Crippen molar-refractivity contribution in [2.24, 2.45) is 0 Å². The van der Waals surface area contributed by atoms with Crippen LogP contribution in [-0.2, 0) is 9.53 Å². The predicted molar refractivity (Wildman–Crippen MR) is 105 cm³/mol. The summed E-state index contributed by atoms with van der Waals surface area (Å²) in [4.78, 5) is 31.2. The molecule has 150 valence electrons. The van der Waals surface area contributed by atoms with Crippen LogP contribution in [0.5, 0.6) is 11.5 Å². The number of fused-ring (bicyclic) bond motifs is 2. The molecule has 0 saturated carbocycles. The number of thiazole rings is 1. The van der Waals surface area contributed by atoms with Gasteiger partial charge in [-0.05, 0) is 33.6 Å². The lowest BCUT2D eigenvalue weighted by Crippen LogP contribution is -2.45. The van der Waals surface area contributed by atoms with E-state index in [0.29, 0.717) is 42.8 Å². The van der Waals surface area contributed by atoms with Gasteiger partial charge < -0.3 is 19.5 Å². The fraction of sp³-hybridized carbons (Fsp3) is 0.526. The van der Waals surface area contributed by atoms with E-state index in [0.717, 1.165) is 16.6 Å². The number of rotatable bonds is 2. The predicted octanol–water partition coefficient (Wildman–Crippen LogP) is 3.41. The summed E-state index contributed by atoms with van der Waals surface area (Å²) < 4.78 is 17.5. The number of amides is 2. The summed E-state index contributed by atoms with van der Waals surface area (Å²) in [5.74, 6) is 1.10. The highest BCUT2D eigenvalue weighted by molar-refractivity contribution is 7.22. The Bertz CT molecular complexity index is 877. The molecule has 4 rings (SSSR count). The summed E-state index contributed by atoms with van der Waals surface area (Å²) in [6.45, 7) is 6.96. The van der Waals surface area contributed by atoms with E-state index in [1.165, 1.54) is 16.2 Å². The summed E-state index contributed by atoms with van der Waals surface area (Å²) in [5.41, 5.74) is 0.136. The molecule has 1 N–H and O–H groups in total. The number of likely N-dealkylation sites (tertiary alicyclic amines) is 1. The number of ether oxygens (including phenoxy) is 3. The lowest BCUT2D eigenvalue weighted by Gasteiger charge is -2.27. The highest BCUT2D eigenvalue weighted by atomic mass is 32.1. The zero-order valence-corrected chi connectivity index (χ0v) is 16.9. The zero-order chi connectivity index (χ0) is 19.9. The molecule has 3 heterocycles. The number of anilines is 1. The summed E-state index contributed by atoms with van der Waals surface area (Å²) in [6.07, 6.45) is 0.904. The van der Waals surface area contributed by atoms with Crippen molar-refractivity contribution < 1.29 is 23.8 Å². The molecule has 1 aromatic carbocycles. The highest BCUT2D eigenvalue weighted by Crippen LogP contribution is 2.38. The Morgan fingerprint density at radius 3 is 2.68 bits per heavy atom. The second-order valence-electron chi connectivity index (χ2n) is 7.80. The quantitative estimate of drug-likeness (QED) is 0.824. The number of nitrogens with zero attached hydrogens (tertiary/aromatic N) is 2. The smallest absolute Gasteiger partial charge is 0.410 e. The molecule has 0 radical (unpaired) electrons. The Morgan fingerprint density at radius 2 is 1.96 bits per heavy atom. The summed E-state index contributed by atoms with van der Waals surface area (Å²) >= 11 is 1.36. The molecule has 1 atom stereocenters. The molecule has 2 aromatic rings. The van der Waals surface area contributed by atoms with Crippen LogP contribution in [0.15, 0.2) is 12.1 Å². The van der Waals surface area contributed by atoms with Crippen LogP contribution in [0.4, 0.5) is 9.93 Å². The fourth-order valence-corrected chi connectivity index (χ4v) is 4.16.